The van der Waals surface area contributed by atoms with E-state index >= 15 is 0 Å². The lowest BCUT2D eigenvalue weighted by Crippen LogP contribution is -2.33. The zero-order valence-corrected chi connectivity index (χ0v) is 9.72. The van der Waals surface area contributed by atoms with Crippen LogP contribution in [0.5, 0.6) is 0 Å². The highest BCUT2D eigenvalue weighted by molar-refractivity contribution is 5.86. The van der Waals surface area contributed by atoms with E-state index in [0.29, 0.717) is 0 Å². The second-order valence-electron chi connectivity index (χ2n) is 4.67. The van der Waals surface area contributed by atoms with Gasteiger partial charge in [-0.15, -0.1) is 0 Å². The highest BCUT2D eigenvalue weighted by Gasteiger charge is 2.28. The van der Waals surface area contributed by atoms with E-state index in [1.54, 1.807) is 0 Å². The van der Waals surface area contributed by atoms with E-state index in [0.717, 1.165) is 6.67 Å². The van der Waals surface area contributed by atoms with Crippen LogP contribution in [0.25, 0.3) is 22.3 Å². The number of rotatable bonds is 0. The first-order chi connectivity index (χ1) is 8.34. The second kappa shape index (κ2) is 2.98. The van der Waals surface area contributed by atoms with Crippen LogP contribution in [0.3, 0.4) is 0 Å². The number of fused-ring (bicyclic) bond motifs is 5. The Balaban J connectivity index is 2.13. The molecular formula is C15H13N2+. The Hall–Kier alpha value is -2.09. The quantitative estimate of drug-likeness (QED) is 0.404. The van der Waals surface area contributed by atoms with Gasteiger partial charge in [-0.1, -0.05) is 18.2 Å². The first kappa shape index (κ1) is 8.99. The Morgan fingerprint density at radius 2 is 2.00 bits per heavy atom. The number of nitrogens with zero attached hydrogens (tertiary/aromatic N) is 2. The molecule has 1 aliphatic rings. The fourth-order valence-electron chi connectivity index (χ4n) is 2.85. The van der Waals surface area contributed by atoms with E-state index in [-0.39, 0.29) is 0 Å². The summed E-state index contributed by atoms with van der Waals surface area (Å²) >= 11 is 0. The van der Waals surface area contributed by atoms with Gasteiger partial charge in [-0.05, 0) is 25.1 Å². The molecule has 1 aliphatic heterocycles. The number of benzene rings is 1. The van der Waals surface area contributed by atoms with Gasteiger partial charge in [-0.25, -0.2) is 0 Å². The van der Waals surface area contributed by atoms with Crippen molar-refractivity contribution in [1.29, 1.82) is 0 Å². The molecule has 82 valence electrons. The molecule has 0 saturated heterocycles. The standard InChI is InChI=1S/C15H13N2/c1-11-5-4-8-16-10-17-13-7-3-2-6-12(13)9-14(17)15(11)16/h2-9H,10H2,1H3/q+1. The molecule has 0 aliphatic carbocycles. The number of para-hydroxylation sites is 1. The van der Waals surface area contributed by atoms with Crippen molar-refractivity contribution in [3.63, 3.8) is 0 Å². The molecule has 0 saturated carbocycles. The van der Waals surface area contributed by atoms with Gasteiger partial charge in [0.1, 0.15) is 5.69 Å². The van der Waals surface area contributed by atoms with Crippen molar-refractivity contribution in [1.82, 2.24) is 4.57 Å². The van der Waals surface area contributed by atoms with Crippen LogP contribution in [-0.4, -0.2) is 4.57 Å². The van der Waals surface area contributed by atoms with Crippen molar-refractivity contribution < 1.29 is 4.57 Å². The van der Waals surface area contributed by atoms with Crippen molar-refractivity contribution in [2.24, 2.45) is 0 Å². The maximum Gasteiger partial charge on any atom is 0.233 e. The van der Waals surface area contributed by atoms with E-state index in [4.69, 9.17) is 0 Å². The van der Waals surface area contributed by atoms with Gasteiger partial charge in [0.05, 0.1) is 5.52 Å². The third-order valence-corrected chi connectivity index (χ3v) is 3.62. The van der Waals surface area contributed by atoms with Gasteiger partial charge in [0.15, 0.2) is 6.20 Å². The molecule has 0 amide bonds. The molecule has 0 spiro atoms. The van der Waals surface area contributed by atoms with E-state index in [2.05, 4.69) is 64.7 Å². The predicted molar refractivity (Wildman–Crippen MR) is 67.7 cm³/mol. The van der Waals surface area contributed by atoms with Gasteiger partial charge in [-0.2, -0.15) is 4.57 Å². The average Bonchev–Trinajstić information content (AvgIpc) is 2.85. The number of pyridine rings is 1. The van der Waals surface area contributed by atoms with Gasteiger partial charge < -0.3 is 0 Å². The number of hydrogen-bond donors (Lipinski definition) is 0. The summed E-state index contributed by atoms with van der Waals surface area (Å²) in [6.45, 7) is 3.11. The minimum Gasteiger partial charge on any atom is -0.279 e. The first-order valence-electron chi connectivity index (χ1n) is 5.92. The molecule has 0 unspecified atom stereocenters. The van der Waals surface area contributed by atoms with Crippen LogP contribution in [0.2, 0.25) is 0 Å². The molecule has 17 heavy (non-hydrogen) atoms. The van der Waals surface area contributed by atoms with Crippen molar-refractivity contribution in [2.75, 3.05) is 0 Å². The van der Waals surface area contributed by atoms with Crippen molar-refractivity contribution in [2.45, 2.75) is 13.6 Å². The van der Waals surface area contributed by atoms with Crippen molar-refractivity contribution >= 4 is 10.9 Å². The zero-order chi connectivity index (χ0) is 11.4. The minimum atomic E-state index is 0.930. The Labute approximate surface area is 99.7 Å². The van der Waals surface area contributed by atoms with Gasteiger partial charge in [0, 0.05) is 17.0 Å². The van der Waals surface area contributed by atoms with Gasteiger partial charge in [0.25, 0.3) is 0 Å². The van der Waals surface area contributed by atoms with Gasteiger partial charge >= 0.3 is 0 Å². The highest BCUT2D eigenvalue weighted by atomic mass is 15.2. The summed E-state index contributed by atoms with van der Waals surface area (Å²) in [7, 11) is 0. The number of aromatic nitrogens is 2. The SMILES string of the molecule is Cc1ccc[n+]2c1-c1cc3ccccc3n1C2. The van der Waals surface area contributed by atoms with Crippen LogP contribution in [0.4, 0.5) is 0 Å². The maximum atomic E-state index is 2.39. The Morgan fingerprint density at radius 3 is 2.94 bits per heavy atom. The van der Waals surface area contributed by atoms with Crippen molar-refractivity contribution in [3.8, 4) is 11.4 Å². The molecule has 0 atom stereocenters. The molecular weight excluding hydrogens is 208 g/mol. The van der Waals surface area contributed by atoms with Crippen LogP contribution < -0.4 is 4.57 Å². The van der Waals surface area contributed by atoms with Gasteiger partial charge in [-0.3, -0.25) is 4.57 Å². The fourth-order valence-corrected chi connectivity index (χ4v) is 2.85. The summed E-state index contributed by atoms with van der Waals surface area (Å²) in [5.74, 6) is 0. The van der Waals surface area contributed by atoms with Crippen LogP contribution >= 0.6 is 0 Å². The predicted octanol–water partition coefficient (Wildman–Crippen LogP) is 2.72. The molecule has 1 aromatic carbocycles. The molecule has 2 aromatic heterocycles. The Morgan fingerprint density at radius 1 is 1.12 bits per heavy atom. The van der Waals surface area contributed by atoms with E-state index in [1.165, 1.54) is 27.9 Å². The van der Waals surface area contributed by atoms with E-state index in [1.807, 2.05) is 0 Å². The first-order valence-corrected chi connectivity index (χ1v) is 5.92. The molecule has 3 aromatic rings. The van der Waals surface area contributed by atoms with Crippen LogP contribution in [0, 0.1) is 6.92 Å². The average molecular weight is 221 g/mol. The topological polar surface area (TPSA) is 8.81 Å². The number of hydrogen-bond acceptors (Lipinski definition) is 0. The van der Waals surface area contributed by atoms with Crippen LogP contribution in [0.15, 0.2) is 48.7 Å². The summed E-state index contributed by atoms with van der Waals surface area (Å²) in [4.78, 5) is 0. The van der Waals surface area contributed by atoms with Crippen LogP contribution in [-0.2, 0) is 6.67 Å². The zero-order valence-electron chi connectivity index (χ0n) is 9.72. The summed E-state index contributed by atoms with van der Waals surface area (Å²) in [5.41, 5.74) is 5.35. The number of aryl methyl sites for hydroxylation is 1. The summed E-state index contributed by atoms with van der Waals surface area (Å²) < 4.78 is 4.70. The molecule has 3 heterocycles. The Kier molecular flexibility index (Phi) is 1.57. The highest BCUT2D eigenvalue weighted by Crippen LogP contribution is 2.30. The molecule has 4 rings (SSSR count). The lowest BCUT2D eigenvalue weighted by molar-refractivity contribution is -0.682. The monoisotopic (exact) mass is 221 g/mol. The smallest absolute Gasteiger partial charge is 0.233 e. The second-order valence-corrected chi connectivity index (χ2v) is 4.67. The maximum absolute atomic E-state index is 2.39. The molecule has 0 radical (unpaired) electrons. The van der Waals surface area contributed by atoms with Crippen molar-refractivity contribution in [3.05, 3.63) is 54.2 Å². The largest absolute Gasteiger partial charge is 0.279 e. The minimum absolute atomic E-state index is 0.930. The molecule has 0 N–H and O–H groups in total. The molecule has 2 heteroatoms. The lowest BCUT2D eigenvalue weighted by Gasteiger charge is -1.96. The normalized spacial score (nSPS) is 12.8. The molecule has 0 fully saturated rings. The summed E-state index contributed by atoms with van der Waals surface area (Å²) in [6.07, 6.45) is 2.16. The third kappa shape index (κ3) is 1.07. The van der Waals surface area contributed by atoms with E-state index < -0.39 is 0 Å². The lowest BCUT2D eigenvalue weighted by atomic mass is 10.1. The van der Waals surface area contributed by atoms with Gasteiger partial charge in [0.2, 0.25) is 12.4 Å². The fraction of sp³-hybridized carbons (Fsp3) is 0.133. The summed E-state index contributed by atoms with van der Waals surface area (Å²) in [6, 6.07) is 15.2. The van der Waals surface area contributed by atoms with E-state index in [9.17, 15) is 0 Å². The summed E-state index contributed by atoms with van der Waals surface area (Å²) in [5, 5.41) is 1.33. The third-order valence-electron chi connectivity index (χ3n) is 3.62. The Bertz CT molecular complexity index is 738. The van der Waals surface area contributed by atoms with Crippen LogP contribution in [0.1, 0.15) is 5.56 Å². The molecule has 2 nitrogen and oxygen atoms in total. The molecule has 0 bridgehead atoms.